The van der Waals surface area contributed by atoms with Gasteiger partial charge in [-0.15, -0.1) is 0 Å². The van der Waals surface area contributed by atoms with Crippen molar-refractivity contribution in [3.05, 3.63) is 41.5 Å². The number of benzene rings is 1. The predicted octanol–water partition coefficient (Wildman–Crippen LogP) is 1.67. The lowest BCUT2D eigenvalue weighted by atomic mass is 9.99. The van der Waals surface area contributed by atoms with Crippen LogP contribution in [0, 0.1) is 6.92 Å². The highest BCUT2D eigenvalue weighted by atomic mass is 16.1. The van der Waals surface area contributed by atoms with Crippen LogP contribution in [-0.4, -0.2) is 5.91 Å². The van der Waals surface area contributed by atoms with Crippen molar-refractivity contribution in [2.24, 2.45) is 5.73 Å². The molecule has 2 heteroatoms. The van der Waals surface area contributed by atoms with E-state index in [0.29, 0.717) is 0 Å². The Morgan fingerprint density at radius 2 is 2.31 bits per heavy atom. The molecular formula is C11H13NO. The van der Waals surface area contributed by atoms with Crippen molar-refractivity contribution in [2.45, 2.75) is 13.3 Å². The Hall–Kier alpha value is -1.57. The summed E-state index contributed by atoms with van der Waals surface area (Å²) in [4.78, 5) is 10.8. The highest BCUT2D eigenvalue weighted by molar-refractivity contribution is 5.78. The van der Waals surface area contributed by atoms with Crippen LogP contribution in [0.1, 0.15) is 16.7 Å². The molecule has 0 radical (unpaired) electrons. The third-order valence-electron chi connectivity index (χ3n) is 2.02. The normalized spacial score (nSPS) is 9.62. The van der Waals surface area contributed by atoms with Crippen molar-refractivity contribution in [3.63, 3.8) is 0 Å². The molecule has 1 amide bonds. The van der Waals surface area contributed by atoms with E-state index < -0.39 is 0 Å². The molecule has 2 nitrogen and oxygen atoms in total. The minimum Gasteiger partial charge on any atom is -0.369 e. The number of primary amides is 1. The van der Waals surface area contributed by atoms with Gasteiger partial charge in [0.1, 0.15) is 0 Å². The van der Waals surface area contributed by atoms with E-state index in [1.165, 1.54) is 0 Å². The van der Waals surface area contributed by atoms with Gasteiger partial charge in [-0.05, 0) is 23.6 Å². The summed E-state index contributed by atoms with van der Waals surface area (Å²) >= 11 is 0. The van der Waals surface area contributed by atoms with Crippen LogP contribution in [0.15, 0.2) is 24.8 Å². The quantitative estimate of drug-likeness (QED) is 0.746. The van der Waals surface area contributed by atoms with Crippen LogP contribution in [0.2, 0.25) is 0 Å². The number of carbonyl (C=O) groups is 1. The van der Waals surface area contributed by atoms with Crippen LogP contribution in [0.3, 0.4) is 0 Å². The van der Waals surface area contributed by atoms with Crippen molar-refractivity contribution in [1.29, 1.82) is 0 Å². The Labute approximate surface area is 78.1 Å². The van der Waals surface area contributed by atoms with E-state index in [4.69, 9.17) is 5.73 Å². The molecule has 13 heavy (non-hydrogen) atoms. The first-order valence-electron chi connectivity index (χ1n) is 4.14. The molecule has 2 N–H and O–H groups in total. The van der Waals surface area contributed by atoms with E-state index in [1.54, 1.807) is 6.08 Å². The molecule has 0 bridgehead atoms. The lowest BCUT2D eigenvalue weighted by Gasteiger charge is -2.06. The summed E-state index contributed by atoms with van der Waals surface area (Å²) in [5, 5.41) is 0. The smallest absolute Gasteiger partial charge is 0.221 e. The highest BCUT2D eigenvalue weighted by Crippen LogP contribution is 2.15. The minimum absolute atomic E-state index is 0.286. The molecule has 1 rings (SSSR count). The van der Waals surface area contributed by atoms with Crippen molar-refractivity contribution in [1.82, 2.24) is 0 Å². The average molecular weight is 175 g/mol. The van der Waals surface area contributed by atoms with Crippen LogP contribution < -0.4 is 5.73 Å². The molecule has 0 aliphatic rings. The molecule has 1 aromatic carbocycles. The molecule has 0 spiro atoms. The second-order valence-electron chi connectivity index (χ2n) is 2.99. The summed E-state index contributed by atoms with van der Waals surface area (Å²) < 4.78 is 0. The molecule has 0 fully saturated rings. The standard InChI is InChI=1S/C11H13NO/c1-3-9-6-4-5-8(2)10(9)7-11(12)13/h3-6H,1,7H2,2H3,(H2,12,13). The van der Waals surface area contributed by atoms with Gasteiger partial charge in [-0.1, -0.05) is 30.9 Å². The van der Waals surface area contributed by atoms with Crippen LogP contribution in [0.4, 0.5) is 0 Å². The van der Waals surface area contributed by atoms with Gasteiger partial charge >= 0.3 is 0 Å². The van der Waals surface area contributed by atoms with Gasteiger partial charge in [-0.25, -0.2) is 0 Å². The van der Waals surface area contributed by atoms with Crippen LogP contribution >= 0.6 is 0 Å². The van der Waals surface area contributed by atoms with Gasteiger partial charge in [0.05, 0.1) is 6.42 Å². The fourth-order valence-corrected chi connectivity index (χ4v) is 1.33. The fourth-order valence-electron chi connectivity index (χ4n) is 1.33. The van der Waals surface area contributed by atoms with Crippen LogP contribution in [0.25, 0.3) is 6.08 Å². The summed E-state index contributed by atoms with van der Waals surface area (Å²) in [7, 11) is 0. The SMILES string of the molecule is C=Cc1cccc(C)c1CC(N)=O. The average Bonchev–Trinajstić information content (AvgIpc) is 2.08. The first kappa shape index (κ1) is 9.52. The third kappa shape index (κ3) is 2.18. The number of rotatable bonds is 3. The van der Waals surface area contributed by atoms with Gasteiger partial charge < -0.3 is 5.73 Å². The lowest BCUT2D eigenvalue weighted by molar-refractivity contribution is -0.117. The second-order valence-corrected chi connectivity index (χ2v) is 2.99. The Bertz CT molecular complexity index is 342. The Morgan fingerprint density at radius 1 is 1.62 bits per heavy atom. The van der Waals surface area contributed by atoms with Crippen LogP contribution in [0.5, 0.6) is 0 Å². The first-order chi connectivity index (χ1) is 6.15. The topological polar surface area (TPSA) is 43.1 Å². The molecule has 0 aliphatic heterocycles. The second kappa shape index (κ2) is 3.90. The summed E-state index contributed by atoms with van der Waals surface area (Å²) in [5.41, 5.74) is 8.19. The van der Waals surface area contributed by atoms with E-state index >= 15 is 0 Å². The Balaban J connectivity index is 3.14. The molecule has 0 atom stereocenters. The fraction of sp³-hybridized carbons (Fsp3) is 0.182. The van der Waals surface area contributed by atoms with Crippen molar-refractivity contribution in [3.8, 4) is 0 Å². The molecule has 0 saturated carbocycles. The van der Waals surface area contributed by atoms with Crippen molar-refractivity contribution >= 4 is 12.0 Å². The summed E-state index contributed by atoms with van der Waals surface area (Å²) in [6.45, 7) is 5.65. The van der Waals surface area contributed by atoms with Gasteiger partial charge in [0.15, 0.2) is 0 Å². The monoisotopic (exact) mass is 175 g/mol. The zero-order valence-corrected chi connectivity index (χ0v) is 7.71. The Kier molecular flexibility index (Phi) is 2.85. The number of carbonyl (C=O) groups excluding carboxylic acids is 1. The van der Waals surface area contributed by atoms with Gasteiger partial charge in [-0.3, -0.25) is 4.79 Å². The zero-order chi connectivity index (χ0) is 9.84. The summed E-state index contributed by atoms with van der Waals surface area (Å²) in [5.74, 6) is -0.308. The molecule has 0 aliphatic carbocycles. The number of amides is 1. The number of hydrogen-bond acceptors (Lipinski definition) is 1. The number of aryl methyl sites for hydroxylation is 1. The molecule has 68 valence electrons. The van der Waals surface area contributed by atoms with E-state index in [-0.39, 0.29) is 12.3 Å². The van der Waals surface area contributed by atoms with E-state index in [0.717, 1.165) is 16.7 Å². The molecule has 0 unspecified atom stereocenters. The van der Waals surface area contributed by atoms with Gasteiger partial charge in [0.2, 0.25) is 5.91 Å². The van der Waals surface area contributed by atoms with Crippen molar-refractivity contribution in [2.75, 3.05) is 0 Å². The maximum absolute atomic E-state index is 10.8. The predicted molar refractivity (Wildman–Crippen MR) is 54.2 cm³/mol. The maximum Gasteiger partial charge on any atom is 0.221 e. The largest absolute Gasteiger partial charge is 0.369 e. The maximum atomic E-state index is 10.8. The molecule has 0 saturated heterocycles. The molecular weight excluding hydrogens is 162 g/mol. The Morgan fingerprint density at radius 3 is 2.85 bits per heavy atom. The van der Waals surface area contributed by atoms with Gasteiger partial charge in [0.25, 0.3) is 0 Å². The van der Waals surface area contributed by atoms with E-state index in [1.807, 2.05) is 25.1 Å². The summed E-state index contributed by atoms with van der Waals surface area (Å²) in [6.07, 6.45) is 2.03. The molecule has 1 aromatic rings. The lowest BCUT2D eigenvalue weighted by Crippen LogP contribution is -2.15. The first-order valence-corrected chi connectivity index (χ1v) is 4.14. The molecule has 0 heterocycles. The minimum atomic E-state index is -0.308. The van der Waals surface area contributed by atoms with E-state index in [2.05, 4.69) is 6.58 Å². The number of hydrogen-bond donors (Lipinski definition) is 1. The third-order valence-corrected chi connectivity index (χ3v) is 2.02. The van der Waals surface area contributed by atoms with Crippen LogP contribution in [-0.2, 0) is 11.2 Å². The highest BCUT2D eigenvalue weighted by Gasteiger charge is 2.05. The summed E-state index contributed by atoms with van der Waals surface area (Å²) in [6, 6.07) is 5.83. The molecule has 0 aromatic heterocycles. The van der Waals surface area contributed by atoms with Gasteiger partial charge in [0, 0.05) is 0 Å². The van der Waals surface area contributed by atoms with Crippen molar-refractivity contribution < 1.29 is 4.79 Å². The van der Waals surface area contributed by atoms with Gasteiger partial charge in [-0.2, -0.15) is 0 Å². The number of nitrogens with two attached hydrogens (primary N) is 1. The zero-order valence-electron chi connectivity index (χ0n) is 7.71. The van der Waals surface area contributed by atoms with E-state index in [9.17, 15) is 4.79 Å².